The van der Waals surface area contributed by atoms with E-state index in [9.17, 15) is 0 Å². The second-order valence-corrected chi connectivity index (χ2v) is 11.3. The number of hydrogen-bond acceptors (Lipinski definition) is 1. The average Bonchev–Trinajstić information content (AvgIpc) is 3.74. The molecular formula is C42H27NO. The summed E-state index contributed by atoms with van der Waals surface area (Å²) in [4.78, 5) is 0. The molecule has 0 atom stereocenters. The van der Waals surface area contributed by atoms with Gasteiger partial charge in [-0.25, -0.2) is 0 Å². The SMILES string of the molecule is C=C.c1ccc(-n2c3ccccc3c3cc(-c4ccc5oc6cc7c8c(cccc8c6c5c4)-c4ccccc4-7)ccc32)cc1. The van der Waals surface area contributed by atoms with E-state index in [1.165, 1.54) is 77.0 Å². The Bertz CT molecular complexity index is 2580. The molecule has 0 N–H and O–H groups in total. The van der Waals surface area contributed by atoms with Gasteiger partial charge in [-0.2, -0.15) is 0 Å². The number of para-hydroxylation sites is 2. The standard InChI is InChI=1S/C40H23NO.C2H4/c1-2-9-26(10-3-1)41-35-16-7-6-13-29(35)32-21-24(17-19-36(32)41)25-18-20-37-34(22-25)40-31-15-8-14-30-27-11-4-5-12-28(27)33(39(30)31)23-38(40)42-37;1-2/h1-23H;1-2H2. The highest BCUT2D eigenvalue weighted by molar-refractivity contribution is 6.28. The normalized spacial score (nSPS) is 11.8. The summed E-state index contributed by atoms with van der Waals surface area (Å²) in [5, 5.41) is 7.46. The third-order valence-electron chi connectivity index (χ3n) is 9.12. The Hall–Kier alpha value is -5.86. The summed E-state index contributed by atoms with van der Waals surface area (Å²) in [5.74, 6) is 0. The first-order valence-electron chi connectivity index (χ1n) is 14.9. The minimum Gasteiger partial charge on any atom is -0.456 e. The van der Waals surface area contributed by atoms with Crippen molar-refractivity contribution < 1.29 is 4.42 Å². The summed E-state index contributed by atoms with van der Waals surface area (Å²) in [7, 11) is 0. The first kappa shape index (κ1) is 24.7. The molecule has 10 rings (SSSR count). The summed E-state index contributed by atoms with van der Waals surface area (Å²) in [6.45, 7) is 6.00. The molecule has 206 valence electrons. The molecule has 2 heteroatoms. The fraction of sp³-hybridized carbons (Fsp3) is 0. The van der Waals surface area contributed by atoms with E-state index < -0.39 is 0 Å². The number of fused-ring (bicyclic) bond motifs is 10. The first-order valence-corrected chi connectivity index (χ1v) is 14.9. The summed E-state index contributed by atoms with van der Waals surface area (Å²) in [6, 6.07) is 50.5. The minimum atomic E-state index is 0.924. The van der Waals surface area contributed by atoms with Crippen molar-refractivity contribution in [2.24, 2.45) is 0 Å². The van der Waals surface area contributed by atoms with Crippen LogP contribution in [0.1, 0.15) is 0 Å². The Morgan fingerprint density at radius 1 is 0.409 bits per heavy atom. The third kappa shape index (κ3) is 3.31. The van der Waals surface area contributed by atoms with Gasteiger partial charge >= 0.3 is 0 Å². The lowest BCUT2D eigenvalue weighted by atomic mass is 9.96. The van der Waals surface area contributed by atoms with Crippen molar-refractivity contribution in [2.75, 3.05) is 0 Å². The fourth-order valence-electron chi connectivity index (χ4n) is 7.33. The van der Waals surface area contributed by atoms with Crippen molar-refractivity contribution >= 4 is 54.5 Å². The Kier molecular flexibility index (Phi) is 5.24. The van der Waals surface area contributed by atoms with E-state index in [1.807, 2.05) is 0 Å². The predicted molar refractivity (Wildman–Crippen MR) is 187 cm³/mol. The number of rotatable bonds is 2. The minimum absolute atomic E-state index is 0.924. The van der Waals surface area contributed by atoms with Crippen LogP contribution in [0.3, 0.4) is 0 Å². The van der Waals surface area contributed by atoms with Gasteiger partial charge in [0.2, 0.25) is 0 Å². The Balaban J connectivity index is 0.00000133. The number of hydrogen-bond donors (Lipinski definition) is 0. The van der Waals surface area contributed by atoms with E-state index in [0.29, 0.717) is 0 Å². The van der Waals surface area contributed by atoms with E-state index >= 15 is 0 Å². The van der Waals surface area contributed by atoms with E-state index in [1.54, 1.807) is 0 Å². The van der Waals surface area contributed by atoms with Gasteiger partial charge in [0.25, 0.3) is 0 Å². The lowest BCUT2D eigenvalue weighted by Crippen LogP contribution is -1.92. The van der Waals surface area contributed by atoms with Gasteiger partial charge in [0, 0.05) is 27.2 Å². The smallest absolute Gasteiger partial charge is 0.136 e. The van der Waals surface area contributed by atoms with Crippen LogP contribution in [0.4, 0.5) is 0 Å². The van der Waals surface area contributed by atoms with Crippen LogP contribution in [0, 0.1) is 0 Å². The second kappa shape index (κ2) is 9.32. The topological polar surface area (TPSA) is 18.1 Å². The van der Waals surface area contributed by atoms with Gasteiger partial charge in [0.05, 0.1) is 11.0 Å². The summed E-state index contributed by atoms with van der Waals surface area (Å²) in [5.41, 5.74) is 13.0. The van der Waals surface area contributed by atoms with Gasteiger partial charge in [0.15, 0.2) is 0 Å². The van der Waals surface area contributed by atoms with Crippen LogP contribution in [0.25, 0.3) is 93.6 Å². The first-order chi connectivity index (χ1) is 21.8. The molecule has 0 radical (unpaired) electrons. The predicted octanol–water partition coefficient (Wildman–Crippen LogP) is 12.0. The molecular weight excluding hydrogens is 534 g/mol. The van der Waals surface area contributed by atoms with Gasteiger partial charge in [-0.3, -0.25) is 0 Å². The van der Waals surface area contributed by atoms with Crippen LogP contribution >= 0.6 is 0 Å². The molecule has 0 spiro atoms. The molecule has 2 nitrogen and oxygen atoms in total. The number of benzene rings is 7. The Morgan fingerprint density at radius 3 is 1.89 bits per heavy atom. The second-order valence-electron chi connectivity index (χ2n) is 11.3. The molecule has 7 aromatic carbocycles. The van der Waals surface area contributed by atoms with Crippen LogP contribution in [0.15, 0.2) is 157 Å². The van der Waals surface area contributed by atoms with Gasteiger partial charge in [-0.15, -0.1) is 13.2 Å². The molecule has 44 heavy (non-hydrogen) atoms. The summed E-state index contributed by atoms with van der Waals surface area (Å²) in [6.07, 6.45) is 0. The van der Waals surface area contributed by atoms with Crippen LogP contribution in [0.5, 0.6) is 0 Å². The highest BCUT2D eigenvalue weighted by Gasteiger charge is 2.24. The summed E-state index contributed by atoms with van der Waals surface area (Å²) < 4.78 is 8.87. The number of furan rings is 1. The Labute approximate surface area is 254 Å². The monoisotopic (exact) mass is 561 g/mol. The highest BCUT2D eigenvalue weighted by Crippen LogP contribution is 2.51. The van der Waals surface area contributed by atoms with E-state index in [0.717, 1.165) is 16.6 Å². The molecule has 0 saturated heterocycles. The lowest BCUT2D eigenvalue weighted by molar-refractivity contribution is 0.669. The average molecular weight is 562 g/mol. The molecule has 2 aromatic heterocycles. The molecule has 9 aromatic rings. The summed E-state index contributed by atoms with van der Waals surface area (Å²) >= 11 is 0. The van der Waals surface area contributed by atoms with Gasteiger partial charge in [-0.1, -0.05) is 91.0 Å². The molecule has 1 aliphatic carbocycles. The number of aromatic nitrogens is 1. The highest BCUT2D eigenvalue weighted by atomic mass is 16.3. The van der Waals surface area contributed by atoms with Crippen molar-refractivity contribution in [1.29, 1.82) is 0 Å². The van der Waals surface area contributed by atoms with Crippen molar-refractivity contribution in [2.45, 2.75) is 0 Å². The maximum atomic E-state index is 6.51. The third-order valence-corrected chi connectivity index (χ3v) is 9.12. The Morgan fingerprint density at radius 2 is 1.05 bits per heavy atom. The zero-order valence-corrected chi connectivity index (χ0v) is 24.0. The largest absolute Gasteiger partial charge is 0.456 e. The van der Waals surface area contributed by atoms with Crippen LogP contribution in [-0.2, 0) is 0 Å². The maximum Gasteiger partial charge on any atom is 0.136 e. The lowest BCUT2D eigenvalue weighted by Gasteiger charge is -2.08. The zero-order valence-electron chi connectivity index (χ0n) is 24.0. The van der Waals surface area contributed by atoms with Crippen molar-refractivity contribution in [3.05, 3.63) is 153 Å². The van der Waals surface area contributed by atoms with E-state index in [-0.39, 0.29) is 0 Å². The number of nitrogens with zero attached hydrogens (tertiary/aromatic N) is 1. The van der Waals surface area contributed by atoms with Crippen LogP contribution in [-0.4, -0.2) is 4.57 Å². The molecule has 0 bridgehead atoms. The molecule has 1 aliphatic rings. The van der Waals surface area contributed by atoms with Crippen molar-refractivity contribution in [3.8, 4) is 39.1 Å². The van der Waals surface area contributed by atoms with E-state index in [4.69, 9.17) is 4.42 Å². The molecule has 0 saturated carbocycles. The van der Waals surface area contributed by atoms with Crippen LogP contribution in [0.2, 0.25) is 0 Å². The van der Waals surface area contributed by atoms with Gasteiger partial charge in [-0.05, 0) is 92.7 Å². The van der Waals surface area contributed by atoms with Gasteiger partial charge < -0.3 is 8.98 Å². The maximum absolute atomic E-state index is 6.51. The molecule has 0 aliphatic heterocycles. The molecule has 0 unspecified atom stereocenters. The van der Waals surface area contributed by atoms with Crippen LogP contribution < -0.4 is 0 Å². The van der Waals surface area contributed by atoms with Gasteiger partial charge in [0.1, 0.15) is 11.2 Å². The zero-order chi connectivity index (χ0) is 29.4. The fourth-order valence-corrected chi connectivity index (χ4v) is 7.33. The molecule has 0 amide bonds. The van der Waals surface area contributed by atoms with Crippen molar-refractivity contribution in [3.63, 3.8) is 0 Å². The molecule has 0 fully saturated rings. The van der Waals surface area contributed by atoms with E-state index in [2.05, 4.69) is 157 Å². The molecule has 2 heterocycles. The quantitative estimate of drug-likeness (QED) is 0.192. The van der Waals surface area contributed by atoms with Crippen molar-refractivity contribution in [1.82, 2.24) is 4.57 Å².